The van der Waals surface area contributed by atoms with Gasteiger partial charge in [-0.05, 0) is 38.5 Å². The maximum Gasteiger partial charge on any atom is 0.472 e. The molecule has 5 N–H and O–H groups in total. The van der Waals surface area contributed by atoms with Crippen LogP contribution in [0.15, 0.2) is 72.9 Å². The molecule has 0 aromatic carbocycles. The second kappa shape index (κ2) is 38.3. The first-order valence-corrected chi connectivity index (χ1v) is 22.1. The summed E-state index contributed by atoms with van der Waals surface area (Å²) >= 11 is 0. The van der Waals surface area contributed by atoms with Crippen molar-refractivity contribution in [3.63, 3.8) is 0 Å². The molecule has 0 saturated carbocycles. The van der Waals surface area contributed by atoms with Crippen molar-refractivity contribution >= 4 is 19.8 Å². The van der Waals surface area contributed by atoms with Crippen LogP contribution in [0.2, 0.25) is 0 Å². The third kappa shape index (κ3) is 38.0. The lowest BCUT2D eigenvalue weighted by Crippen LogP contribution is -2.29. The van der Waals surface area contributed by atoms with Crippen LogP contribution in [0.3, 0.4) is 0 Å². The van der Waals surface area contributed by atoms with Crippen LogP contribution in [0.25, 0.3) is 0 Å². The number of hydrogen-bond acceptors (Lipinski definition) is 10. The molecule has 0 bridgehead atoms. The standard InChI is InChI=1S/C43H74NO10P/c1-3-5-7-8-9-10-11-12-13-14-18-21-27-33-42(47)51-37-41(38-53-55(49,50)52-36-35-44)54-43(48)34-28-22-26-32-40(46)31-25-20-17-15-16-19-24-30-39(45)29-23-6-4-2/h6,16-17,19-20,23-26,30-32,39-41,45-46H,3-5,7-15,18,21-22,27-29,33-38,44H2,1-2H3,(H,49,50)/b19-16-,20-17-,23-6-,30-24+,31-25+,32-26-/t39-,40-,41+/m0/s1. The number of ether oxygens (including phenoxy) is 2. The predicted molar refractivity (Wildman–Crippen MR) is 222 cm³/mol. The minimum atomic E-state index is -4.43. The Balaban J connectivity index is 4.47. The van der Waals surface area contributed by atoms with Gasteiger partial charge in [-0.15, -0.1) is 0 Å². The average molecular weight is 796 g/mol. The second-order valence-electron chi connectivity index (χ2n) is 13.5. The number of aliphatic hydroxyl groups is 2. The lowest BCUT2D eigenvalue weighted by Gasteiger charge is -2.19. The van der Waals surface area contributed by atoms with Crippen LogP contribution in [-0.2, 0) is 32.7 Å². The zero-order valence-electron chi connectivity index (χ0n) is 33.9. The van der Waals surface area contributed by atoms with E-state index < -0.39 is 44.7 Å². The number of rotatable bonds is 37. The van der Waals surface area contributed by atoms with Gasteiger partial charge in [-0.2, -0.15) is 0 Å². The zero-order valence-corrected chi connectivity index (χ0v) is 34.7. The number of allylic oxidation sites excluding steroid dienone is 8. The maximum absolute atomic E-state index is 12.6. The Morgan fingerprint density at radius 3 is 1.89 bits per heavy atom. The summed E-state index contributed by atoms with van der Waals surface area (Å²) in [5, 5.41) is 20.0. The fourth-order valence-electron chi connectivity index (χ4n) is 5.20. The van der Waals surface area contributed by atoms with Gasteiger partial charge in [0, 0.05) is 19.4 Å². The summed E-state index contributed by atoms with van der Waals surface area (Å²) in [6, 6.07) is 0. The van der Waals surface area contributed by atoms with Gasteiger partial charge < -0.3 is 30.3 Å². The van der Waals surface area contributed by atoms with Crippen LogP contribution >= 0.6 is 7.82 Å². The Morgan fingerprint density at radius 1 is 0.673 bits per heavy atom. The van der Waals surface area contributed by atoms with Crippen molar-refractivity contribution in [2.75, 3.05) is 26.4 Å². The van der Waals surface area contributed by atoms with Crippen LogP contribution in [0.4, 0.5) is 0 Å². The highest BCUT2D eigenvalue weighted by Gasteiger charge is 2.26. The molecule has 316 valence electrons. The molecule has 0 amide bonds. The summed E-state index contributed by atoms with van der Waals surface area (Å²) in [6.45, 7) is 3.29. The smallest absolute Gasteiger partial charge is 0.462 e. The van der Waals surface area contributed by atoms with Crippen LogP contribution in [0.5, 0.6) is 0 Å². The molecular weight excluding hydrogens is 721 g/mol. The van der Waals surface area contributed by atoms with E-state index >= 15 is 0 Å². The molecule has 0 saturated heterocycles. The lowest BCUT2D eigenvalue weighted by atomic mass is 10.0. The van der Waals surface area contributed by atoms with Gasteiger partial charge in [0.2, 0.25) is 0 Å². The van der Waals surface area contributed by atoms with Gasteiger partial charge in [0.15, 0.2) is 6.10 Å². The summed E-state index contributed by atoms with van der Waals surface area (Å²) in [5.74, 6) is -1.02. The minimum absolute atomic E-state index is 0.0175. The average Bonchev–Trinajstić information content (AvgIpc) is 3.16. The Bertz CT molecular complexity index is 1170. The Kier molecular flexibility index (Phi) is 36.4. The molecule has 0 fully saturated rings. The number of carbonyl (C=O) groups is 2. The summed E-state index contributed by atoms with van der Waals surface area (Å²) < 4.78 is 32.6. The molecule has 0 aliphatic carbocycles. The van der Waals surface area contributed by atoms with Crippen molar-refractivity contribution in [2.24, 2.45) is 5.73 Å². The minimum Gasteiger partial charge on any atom is -0.462 e. The molecule has 1 unspecified atom stereocenters. The molecule has 0 spiro atoms. The van der Waals surface area contributed by atoms with Crippen LogP contribution in [-0.4, -0.2) is 71.7 Å². The molecule has 0 aliphatic rings. The first-order valence-electron chi connectivity index (χ1n) is 20.6. The Labute approximate surface area is 332 Å². The van der Waals surface area contributed by atoms with Crippen molar-refractivity contribution in [3.8, 4) is 0 Å². The van der Waals surface area contributed by atoms with Crippen molar-refractivity contribution in [3.05, 3.63) is 72.9 Å². The zero-order chi connectivity index (χ0) is 40.7. The SMILES string of the molecule is CC/C=C\C[C@H](O)/C=C/C=C\C/C=C\C=C\[C@H](O)/C=C\CCCC(=O)O[C@H](COC(=O)CCCCCCCCCCCCCCC)COP(=O)(O)OCCN. The van der Waals surface area contributed by atoms with E-state index in [0.29, 0.717) is 32.1 Å². The van der Waals surface area contributed by atoms with Crippen molar-refractivity contribution in [1.29, 1.82) is 0 Å². The second-order valence-corrected chi connectivity index (χ2v) is 15.0. The molecular formula is C43H74NO10P. The highest BCUT2D eigenvalue weighted by atomic mass is 31.2. The van der Waals surface area contributed by atoms with Gasteiger partial charge in [-0.3, -0.25) is 18.6 Å². The van der Waals surface area contributed by atoms with E-state index in [9.17, 15) is 29.3 Å². The predicted octanol–water partition coefficient (Wildman–Crippen LogP) is 9.43. The third-order valence-corrected chi connectivity index (χ3v) is 9.27. The first-order chi connectivity index (χ1) is 26.6. The van der Waals surface area contributed by atoms with Gasteiger partial charge >= 0.3 is 19.8 Å². The summed E-state index contributed by atoms with van der Waals surface area (Å²) in [6.07, 6.45) is 38.7. The van der Waals surface area contributed by atoms with Gasteiger partial charge in [-0.25, -0.2) is 4.57 Å². The largest absolute Gasteiger partial charge is 0.472 e. The van der Waals surface area contributed by atoms with E-state index in [2.05, 4.69) is 13.8 Å². The van der Waals surface area contributed by atoms with Gasteiger partial charge in [0.25, 0.3) is 0 Å². The molecule has 0 aromatic rings. The maximum atomic E-state index is 12.6. The number of unbranched alkanes of at least 4 members (excludes halogenated alkanes) is 13. The Morgan fingerprint density at radius 2 is 1.27 bits per heavy atom. The fourth-order valence-corrected chi connectivity index (χ4v) is 5.96. The quantitative estimate of drug-likeness (QED) is 0.0155. The molecule has 0 radical (unpaired) electrons. The number of nitrogens with two attached hydrogens (primary N) is 1. The van der Waals surface area contributed by atoms with Crippen molar-refractivity contribution < 1.29 is 47.8 Å². The molecule has 11 nitrogen and oxygen atoms in total. The summed E-state index contributed by atoms with van der Waals surface area (Å²) in [7, 11) is -4.43. The van der Waals surface area contributed by atoms with Crippen molar-refractivity contribution in [1.82, 2.24) is 0 Å². The van der Waals surface area contributed by atoms with Crippen LogP contribution < -0.4 is 5.73 Å². The molecule has 0 rings (SSSR count). The number of carbonyl (C=O) groups excluding carboxylic acids is 2. The van der Waals surface area contributed by atoms with E-state index in [4.69, 9.17) is 24.3 Å². The molecule has 55 heavy (non-hydrogen) atoms. The Hall–Kier alpha value is -2.63. The number of esters is 2. The first kappa shape index (κ1) is 52.4. The van der Waals surface area contributed by atoms with Gasteiger partial charge in [-0.1, -0.05) is 164 Å². The normalized spacial score (nSPS) is 15.2. The van der Waals surface area contributed by atoms with E-state index in [1.807, 2.05) is 42.5 Å². The fraction of sp³-hybridized carbons (Fsp3) is 0.674. The molecule has 0 aliphatic heterocycles. The van der Waals surface area contributed by atoms with Crippen molar-refractivity contribution in [2.45, 2.75) is 161 Å². The summed E-state index contributed by atoms with van der Waals surface area (Å²) in [4.78, 5) is 34.8. The van der Waals surface area contributed by atoms with Crippen LogP contribution in [0.1, 0.15) is 142 Å². The van der Waals surface area contributed by atoms with E-state index in [1.54, 1.807) is 30.4 Å². The number of hydrogen-bond donors (Lipinski definition) is 4. The summed E-state index contributed by atoms with van der Waals surface area (Å²) in [5.41, 5.74) is 5.32. The third-order valence-electron chi connectivity index (χ3n) is 8.28. The molecule has 4 atom stereocenters. The molecule has 0 aromatic heterocycles. The van der Waals surface area contributed by atoms with E-state index in [-0.39, 0.29) is 32.6 Å². The monoisotopic (exact) mass is 796 g/mol. The topological polar surface area (TPSA) is 175 Å². The highest BCUT2D eigenvalue weighted by molar-refractivity contribution is 7.47. The molecule has 12 heteroatoms. The van der Waals surface area contributed by atoms with Gasteiger partial charge in [0.1, 0.15) is 6.61 Å². The van der Waals surface area contributed by atoms with E-state index in [1.165, 1.54) is 57.8 Å². The number of phosphoric acid groups is 1. The highest BCUT2D eigenvalue weighted by Crippen LogP contribution is 2.43. The van der Waals surface area contributed by atoms with Gasteiger partial charge in [0.05, 0.1) is 25.4 Å². The van der Waals surface area contributed by atoms with E-state index in [0.717, 1.165) is 25.7 Å². The number of phosphoric ester groups is 1. The lowest BCUT2D eigenvalue weighted by molar-refractivity contribution is -0.161. The van der Waals surface area contributed by atoms with Crippen LogP contribution in [0, 0.1) is 0 Å². The number of aliphatic hydroxyl groups excluding tert-OH is 2. The molecule has 0 heterocycles.